The predicted octanol–water partition coefficient (Wildman–Crippen LogP) is 2.77. The second-order valence-electron chi connectivity index (χ2n) is 3.37. The molecule has 0 saturated heterocycles. The quantitative estimate of drug-likeness (QED) is 0.371. The van der Waals surface area contributed by atoms with Crippen LogP contribution in [0.15, 0.2) is 0 Å². The molecule has 0 fully saturated rings. The summed E-state index contributed by atoms with van der Waals surface area (Å²) in [6.07, 6.45) is 4.39. The summed E-state index contributed by atoms with van der Waals surface area (Å²) in [6, 6.07) is 0. The van der Waals surface area contributed by atoms with Crippen LogP contribution in [0.25, 0.3) is 0 Å². The fourth-order valence-electron chi connectivity index (χ4n) is 0.943. The molecule has 0 rings (SSSR count). The van der Waals surface area contributed by atoms with Gasteiger partial charge in [0.1, 0.15) is 5.60 Å². The zero-order valence-electron chi connectivity index (χ0n) is 7.59. The second-order valence-corrected chi connectivity index (χ2v) is 3.37. The Morgan fingerprint density at radius 2 is 1.91 bits per heavy atom. The van der Waals surface area contributed by atoms with Gasteiger partial charge in [0.15, 0.2) is 0 Å². The Labute approximate surface area is 68.2 Å². The normalized spacial score (nSPS) is 12.0. The molecule has 3 nitrogen and oxygen atoms in total. The van der Waals surface area contributed by atoms with Gasteiger partial charge in [-0.2, -0.15) is 0 Å². The zero-order chi connectivity index (χ0) is 8.74. The standard InChI is InChI=1S/C8H18O3/c1-4-5-6-7-8(2,3)10-11-9/h9H,4-7H2,1-3H3. The first-order valence-corrected chi connectivity index (χ1v) is 4.11. The fourth-order valence-corrected chi connectivity index (χ4v) is 0.943. The highest BCUT2D eigenvalue weighted by Crippen LogP contribution is 2.18. The smallest absolute Gasteiger partial charge is 0.101 e. The molecule has 11 heavy (non-hydrogen) atoms. The topological polar surface area (TPSA) is 38.7 Å². The van der Waals surface area contributed by atoms with Gasteiger partial charge in [-0.05, 0) is 20.3 Å². The highest BCUT2D eigenvalue weighted by molar-refractivity contribution is 4.65. The summed E-state index contributed by atoms with van der Waals surface area (Å²) in [4.78, 5) is 4.63. The SMILES string of the molecule is CCCCCC(C)(C)OOO. The summed E-state index contributed by atoms with van der Waals surface area (Å²) in [7, 11) is 0. The lowest BCUT2D eigenvalue weighted by Gasteiger charge is -2.20. The molecule has 0 amide bonds. The molecule has 0 aromatic heterocycles. The van der Waals surface area contributed by atoms with E-state index in [1.165, 1.54) is 12.8 Å². The Balaban J connectivity index is 3.38. The molecular formula is C8H18O3. The lowest BCUT2D eigenvalue weighted by Crippen LogP contribution is -2.23. The molecule has 0 atom stereocenters. The highest BCUT2D eigenvalue weighted by Gasteiger charge is 2.18. The first-order chi connectivity index (χ1) is 5.12. The van der Waals surface area contributed by atoms with Crippen LogP contribution in [0.3, 0.4) is 0 Å². The Morgan fingerprint density at radius 1 is 1.27 bits per heavy atom. The molecule has 3 heteroatoms. The van der Waals surface area contributed by atoms with Crippen LogP contribution >= 0.6 is 0 Å². The molecule has 0 bridgehead atoms. The minimum atomic E-state index is -0.371. The van der Waals surface area contributed by atoms with E-state index >= 15 is 0 Å². The Morgan fingerprint density at radius 3 is 2.36 bits per heavy atom. The second kappa shape index (κ2) is 5.52. The first-order valence-electron chi connectivity index (χ1n) is 4.11. The van der Waals surface area contributed by atoms with Gasteiger partial charge in [-0.1, -0.05) is 31.2 Å². The van der Waals surface area contributed by atoms with E-state index in [4.69, 9.17) is 5.26 Å². The van der Waals surface area contributed by atoms with E-state index in [0.29, 0.717) is 0 Å². The van der Waals surface area contributed by atoms with E-state index in [0.717, 1.165) is 12.8 Å². The van der Waals surface area contributed by atoms with E-state index in [2.05, 4.69) is 16.8 Å². The molecule has 68 valence electrons. The van der Waals surface area contributed by atoms with Gasteiger partial charge >= 0.3 is 0 Å². The first kappa shape index (κ1) is 10.9. The van der Waals surface area contributed by atoms with E-state index in [9.17, 15) is 0 Å². The third-order valence-electron chi connectivity index (χ3n) is 1.65. The lowest BCUT2D eigenvalue weighted by molar-refractivity contribution is -0.522. The molecule has 0 aromatic carbocycles. The summed E-state index contributed by atoms with van der Waals surface area (Å²) >= 11 is 0. The Kier molecular flexibility index (Phi) is 5.46. The molecule has 0 spiro atoms. The molecule has 0 aliphatic heterocycles. The molecule has 0 aliphatic rings. The average molecular weight is 162 g/mol. The van der Waals surface area contributed by atoms with Crippen LogP contribution in [-0.2, 0) is 9.93 Å². The van der Waals surface area contributed by atoms with Crippen LogP contribution in [0.4, 0.5) is 0 Å². The minimum Gasteiger partial charge on any atom is -0.221 e. The fraction of sp³-hybridized carbons (Fsp3) is 1.00. The number of rotatable bonds is 6. The van der Waals surface area contributed by atoms with Crippen molar-refractivity contribution in [3.63, 3.8) is 0 Å². The third kappa shape index (κ3) is 6.28. The molecule has 0 saturated carbocycles. The zero-order valence-corrected chi connectivity index (χ0v) is 7.59. The van der Waals surface area contributed by atoms with Gasteiger partial charge in [0.25, 0.3) is 0 Å². The third-order valence-corrected chi connectivity index (χ3v) is 1.65. The molecule has 1 N–H and O–H groups in total. The van der Waals surface area contributed by atoms with Crippen molar-refractivity contribution in [3.8, 4) is 0 Å². The van der Waals surface area contributed by atoms with Crippen molar-refractivity contribution in [1.29, 1.82) is 0 Å². The maximum absolute atomic E-state index is 8.04. The van der Waals surface area contributed by atoms with Crippen LogP contribution in [0.1, 0.15) is 46.5 Å². The van der Waals surface area contributed by atoms with Crippen molar-refractivity contribution in [2.75, 3.05) is 0 Å². The van der Waals surface area contributed by atoms with Crippen LogP contribution < -0.4 is 0 Å². The summed E-state index contributed by atoms with van der Waals surface area (Å²) in [5, 5.41) is 11.7. The highest BCUT2D eigenvalue weighted by atomic mass is 17.5. The van der Waals surface area contributed by atoms with E-state index in [1.54, 1.807) is 0 Å². The Hall–Kier alpha value is -0.120. The van der Waals surface area contributed by atoms with Crippen molar-refractivity contribution >= 4 is 0 Å². The van der Waals surface area contributed by atoms with Crippen molar-refractivity contribution < 1.29 is 15.2 Å². The van der Waals surface area contributed by atoms with Crippen molar-refractivity contribution in [2.45, 2.75) is 52.1 Å². The molecule has 0 heterocycles. The molecule has 0 aromatic rings. The van der Waals surface area contributed by atoms with Crippen LogP contribution in [0.5, 0.6) is 0 Å². The number of hydrogen-bond acceptors (Lipinski definition) is 3. The maximum atomic E-state index is 8.04. The molecule has 0 radical (unpaired) electrons. The summed E-state index contributed by atoms with van der Waals surface area (Å²) in [5.41, 5.74) is -0.371. The summed E-state index contributed by atoms with van der Waals surface area (Å²) in [6.45, 7) is 5.92. The van der Waals surface area contributed by atoms with Gasteiger partial charge in [0.2, 0.25) is 0 Å². The Bertz CT molecular complexity index is 91.3. The van der Waals surface area contributed by atoms with Gasteiger partial charge in [-0.3, -0.25) is 0 Å². The van der Waals surface area contributed by atoms with Gasteiger partial charge < -0.3 is 0 Å². The van der Waals surface area contributed by atoms with E-state index in [1.807, 2.05) is 13.8 Å². The van der Waals surface area contributed by atoms with Crippen molar-refractivity contribution in [2.24, 2.45) is 0 Å². The molecular weight excluding hydrogens is 144 g/mol. The maximum Gasteiger partial charge on any atom is 0.101 e. The monoisotopic (exact) mass is 162 g/mol. The average Bonchev–Trinajstić information content (AvgIpc) is 1.87. The van der Waals surface area contributed by atoms with Crippen LogP contribution in [-0.4, -0.2) is 10.9 Å². The summed E-state index contributed by atoms with van der Waals surface area (Å²) in [5.74, 6) is 0. The van der Waals surface area contributed by atoms with Gasteiger partial charge in [0, 0.05) is 0 Å². The van der Waals surface area contributed by atoms with Crippen molar-refractivity contribution in [3.05, 3.63) is 0 Å². The minimum absolute atomic E-state index is 0.371. The number of unbranched alkanes of at least 4 members (excludes halogenated alkanes) is 2. The van der Waals surface area contributed by atoms with Gasteiger partial charge in [-0.15, -0.1) is 0 Å². The summed E-state index contributed by atoms with van der Waals surface area (Å²) < 4.78 is 0. The van der Waals surface area contributed by atoms with Gasteiger partial charge in [-0.25, -0.2) is 10.1 Å². The van der Waals surface area contributed by atoms with E-state index < -0.39 is 0 Å². The van der Waals surface area contributed by atoms with Gasteiger partial charge in [0.05, 0.1) is 0 Å². The van der Waals surface area contributed by atoms with Crippen LogP contribution in [0, 0.1) is 0 Å². The number of hydrogen-bond donors (Lipinski definition) is 1. The van der Waals surface area contributed by atoms with Crippen molar-refractivity contribution in [1.82, 2.24) is 0 Å². The lowest BCUT2D eigenvalue weighted by atomic mass is 10.0. The predicted molar refractivity (Wildman–Crippen MR) is 43.0 cm³/mol. The molecule has 0 aliphatic carbocycles. The molecule has 0 unspecified atom stereocenters. The van der Waals surface area contributed by atoms with Crippen LogP contribution in [0.2, 0.25) is 0 Å². The van der Waals surface area contributed by atoms with E-state index in [-0.39, 0.29) is 5.60 Å². The largest absolute Gasteiger partial charge is 0.221 e.